The lowest BCUT2D eigenvalue weighted by molar-refractivity contribution is -0.115. The number of rotatable bonds is 7. The fourth-order valence-electron chi connectivity index (χ4n) is 3.45. The van der Waals surface area contributed by atoms with Crippen LogP contribution in [0.4, 0.5) is 5.69 Å². The lowest BCUT2D eigenvalue weighted by Gasteiger charge is -2.18. The molecule has 1 amide bonds. The SMILES string of the molecule is Cc1ccc(C)c(NC(=O)[C@H](Sc2nnnn2C[C@H]2CCCO2)c2ccccc2)c1. The molecule has 156 valence electrons. The average molecular weight is 424 g/mol. The fraction of sp³-hybridized carbons (Fsp3) is 0.364. The number of carbonyl (C=O) groups is 1. The number of benzene rings is 2. The molecular formula is C22H25N5O2S. The molecule has 1 aliphatic heterocycles. The fourth-order valence-corrected chi connectivity index (χ4v) is 4.44. The molecule has 2 aromatic carbocycles. The van der Waals surface area contributed by atoms with Gasteiger partial charge < -0.3 is 10.1 Å². The summed E-state index contributed by atoms with van der Waals surface area (Å²) in [6.45, 7) is 5.37. The maximum atomic E-state index is 13.3. The van der Waals surface area contributed by atoms with Gasteiger partial charge in [0.25, 0.3) is 0 Å². The molecule has 0 spiro atoms. The van der Waals surface area contributed by atoms with Crippen LogP contribution in [0.25, 0.3) is 0 Å². The number of hydrogen-bond donors (Lipinski definition) is 1. The monoisotopic (exact) mass is 423 g/mol. The molecule has 30 heavy (non-hydrogen) atoms. The lowest BCUT2D eigenvalue weighted by Crippen LogP contribution is -2.21. The summed E-state index contributed by atoms with van der Waals surface area (Å²) in [5.74, 6) is -0.105. The molecule has 3 aromatic rings. The van der Waals surface area contributed by atoms with Crippen LogP contribution in [-0.4, -0.2) is 38.8 Å². The Morgan fingerprint density at radius 3 is 2.87 bits per heavy atom. The Bertz CT molecular complexity index is 1000. The first kappa shape index (κ1) is 20.6. The second-order valence-electron chi connectivity index (χ2n) is 7.49. The Balaban J connectivity index is 1.57. The van der Waals surface area contributed by atoms with Crippen molar-refractivity contribution >= 4 is 23.4 Å². The third kappa shape index (κ3) is 4.88. The molecule has 8 heteroatoms. The van der Waals surface area contributed by atoms with Gasteiger partial charge in [-0.15, -0.1) is 5.10 Å². The van der Waals surface area contributed by atoms with Gasteiger partial charge in [0.1, 0.15) is 5.25 Å². The van der Waals surface area contributed by atoms with Crippen LogP contribution >= 0.6 is 11.8 Å². The molecular weight excluding hydrogens is 398 g/mol. The minimum absolute atomic E-state index is 0.105. The van der Waals surface area contributed by atoms with Crippen molar-refractivity contribution in [3.8, 4) is 0 Å². The second kappa shape index (κ2) is 9.40. The molecule has 1 saturated heterocycles. The van der Waals surface area contributed by atoms with Gasteiger partial charge in [0.2, 0.25) is 11.1 Å². The number of ether oxygens (including phenoxy) is 1. The number of tetrazole rings is 1. The smallest absolute Gasteiger partial charge is 0.242 e. The molecule has 1 fully saturated rings. The summed E-state index contributed by atoms with van der Waals surface area (Å²) in [5, 5.41) is 15.3. The zero-order valence-electron chi connectivity index (χ0n) is 17.1. The number of aromatic nitrogens is 4. The van der Waals surface area contributed by atoms with Gasteiger partial charge in [-0.25, -0.2) is 4.68 Å². The number of carbonyl (C=O) groups excluding carboxylic acids is 1. The zero-order valence-corrected chi connectivity index (χ0v) is 17.9. The molecule has 1 aliphatic rings. The summed E-state index contributed by atoms with van der Waals surface area (Å²) < 4.78 is 7.45. The van der Waals surface area contributed by atoms with Crippen LogP contribution in [0.1, 0.15) is 34.8 Å². The van der Waals surface area contributed by atoms with Gasteiger partial charge in [0, 0.05) is 12.3 Å². The molecule has 0 unspecified atom stereocenters. The van der Waals surface area contributed by atoms with Crippen molar-refractivity contribution in [2.75, 3.05) is 11.9 Å². The number of nitrogens with zero attached hydrogens (tertiary/aromatic N) is 4. The standard InChI is InChI=1S/C22H25N5O2S/c1-15-10-11-16(2)19(13-15)23-21(28)20(17-7-4-3-5-8-17)30-22-24-25-26-27(22)14-18-9-6-12-29-18/h3-5,7-8,10-11,13,18,20H,6,9,12,14H2,1-2H3,(H,23,28)/t18-,20-/m1/s1. The summed E-state index contributed by atoms with van der Waals surface area (Å²) in [4.78, 5) is 13.3. The topological polar surface area (TPSA) is 81.9 Å². The highest BCUT2D eigenvalue weighted by Gasteiger charge is 2.27. The largest absolute Gasteiger partial charge is 0.376 e. The number of hydrogen-bond acceptors (Lipinski definition) is 6. The van der Waals surface area contributed by atoms with E-state index in [-0.39, 0.29) is 12.0 Å². The van der Waals surface area contributed by atoms with Crippen LogP contribution in [0.3, 0.4) is 0 Å². The Labute approximate surface area is 180 Å². The van der Waals surface area contributed by atoms with Crippen molar-refractivity contribution in [1.82, 2.24) is 20.2 Å². The van der Waals surface area contributed by atoms with Crippen LogP contribution in [-0.2, 0) is 16.1 Å². The highest BCUT2D eigenvalue weighted by molar-refractivity contribution is 8.00. The summed E-state index contributed by atoms with van der Waals surface area (Å²) in [6, 6.07) is 15.7. The van der Waals surface area contributed by atoms with Crippen molar-refractivity contribution in [2.45, 2.75) is 49.7 Å². The third-order valence-electron chi connectivity index (χ3n) is 5.11. The zero-order chi connectivity index (χ0) is 20.9. The third-order valence-corrected chi connectivity index (χ3v) is 6.34. The Morgan fingerprint density at radius 1 is 1.27 bits per heavy atom. The molecule has 0 bridgehead atoms. The minimum atomic E-state index is -0.486. The van der Waals surface area contributed by atoms with Gasteiger partial charge in [-0.1, -0.05) is 54.2 Å². The van der Waals surface area contributed by atoms with E-state index in [0.717, 1.165) is 41.8 Å². The van der Waals surface area contributed by atoms with Crippen LogP contribution in [0.15, 0.2) is 53.7 Å². The Morgan fingerprint density at radius 2 is 2.10 bits per heavy atom. The van der Waals surface area contributed by atoms with E-state index in [1.54, 1.807) is 4.68 Å². The van der Waals surface area contributed by atoms with Crippen molar-refractivity contribution in [2.24, 2.45) is 0 Å². The average Bonchev–Trinajstić information content (AvgIpc) is 3.42. The van der Waals surface area contributed by atoms with Crippen LogP contribution < -0.4 is 5.32 Å². The maximum absolute atomic E-state index is 13.3. The first-order valence-electron chi connectivity index (χ1n) is 10.1. The lowest BCUT2D eigenvalue weighted by atomic mass is 10.1. The molecule has 2 heterocycles. The first-order chi connectivity index (χ1) is 14.6. The van der Waals surface area contributed by atoms with Crippen molar-refractivity contribution in [3.05, 3.63) is 65.2 Å². The quantitative estimate of drug-likeness (QED) is 0.580. The summed E-state index contributed by atoms with van der Waals surface area (Å²) in [5.41, 5.74) is 3.84. The molecule has 2 atom stereocenters. The highest BCUT2D eigenvalue weighted by atomic mass is 32.2. The number of amides is 1. The molecule has 0 saturated carbocycles. The predicted octanol–water partition coefficient (Wildman–Crippen LogP) is 3.94. The normalized spacial score (nSPS) is 17.1. The van der Waals surface area contributed by atoms with Crippen LogP contribution in [0.5, 0.6) is 0 Å². The molecule has 1 aromatic heterocycles. The van der Waals surface area contributed by atoms with E-state index in [1.165, 1.54) is 11.8 Å². The van der Waals surface area contributed by atoms with Gasteiger partial charge in [-0.2, -0.15) is 0 Å². The number of nitrogens with one attached hydrogen (secondary N) is 1. The van der Waals surface area contributed by atoms with E-state index in [1.807, 2.05) is 62.4 Å². The number of aryl methyl sites for hydroxylation is 2. The van der Waals surface area contributed by atoms with Gasteiger partial charge >= 0.3 is 0 Å². The molecule has 4 rings (SSSR count). The molecule has 1 N–H and O–H groups in total. The summed E-state index contributed by atoms with van der Waals surface area (Å²) in [6.07, 6.45) is 2.17. The van der Waals surface area contributed by atoms with E-state index in [4.69, 9.17) is 4.74 Å². The van der Waals surface area contributed by atoms with Gasteiger partial charge in [-0.3, -0.25) is 4.79 Å². The van der Waals surface area contributed by atoms with Crippen molar-refractivity contribution in [1.29, 1.82) is 0 Å². The minimum Gasteiger partial charge on any atom is -0.376 e. The summed E-state index contributed by atoms with van der Waals surface area (Å²) >= 11 is 1.36. The molecule has 7 nitrogen and oxygen atoms in total. The molecule has 0 aliphatic carbocycles. The maximum Gasteiger partial charge on any atom is 0.242 e. The van der Waals surface area contributed by atoms with Crippen LogP contribution in [0.2, 0.25) is 0 Å². The Kier molecular flexibility index (Phi) is 6.44. The van der Waals surface area contributed by atoms with E-state index >= 15 is 0 Å². The summed E-state index contributed by atoms with van der Waals surface area (Å²) in [7, 11) is 0. The van der Waals surface area contributed by atoms with Crippen molar-refractivity contribution < 1.29 is 9.53 Å². The van der Waals surface area contributed by atoms with Crippen LogP contribution in [0, 0.1) is 13.8 Å². The first-order valence-corrected chi connectivity index (χ1v) is 11.0. The second-order valence-corrected chi connectivity index (χ2v) is 8.57. The predicted molar refractivity (Wildman–Crippen MR) is 116 cm³/mol. The van der Waals surface area contributed by atoms with E-state index in [9.17, 15) is 4.79 Å². The van der Waals surface area contributed by atoms with E-state index in [2.05, 4.69) is 20.8 Å². The Hall–Kier alpha value is -2.71. The van der Waals surface area contributed by atoms with Gasteiger partial charge in [0.05, 0.1) is 12.6 Å². The highest BCUT2D eigenvalue weighted by Crippen LogP contribution is 2.35. The van der Waals surface area contributed by atoms with Crippen molar-refractivity contribution in [3.63, 3.8) is 0 Å². The van der Waals surface area contributed by atoms with Gasteiger partial charge in [-0.05, 0) is 59.9 Å². The van der Waals surface area contributed by atoms with E-state index < -0.39 is 5.25 Å². The molecule has 0 radical (unpaired) electrons. The number of thioether (sulfide) groups is 1. The number of anilines is 1. The van der Waals surface area contributed by atoms with Gasteiger partial charge in [0.15, 0.2) is 0 Å². The van der Waals surface area contributed by atoms with E-state index in [0.29, 0.717) is 11.7 Å².